The van der Waals surface area contributed by atoms with Gasteiger partial charge in [-0.3, -0.25) is 10.1 Å². The predicted molar refractivity (Wildman–Crippen MR) is 75.1 cm³/mol. The van der Waals surface area contributed by atoms with E-state index in [0.29, 0.717) is 12.2 Å². The molecule has 2 aromatic carbocycles. The van der Waals surface area contributed by atoms with E-state index in [0.717, 1.165) is 5.56 Å². The second-order valence-corrected chi connectivity index (χ2v) is 4.20. The van der Waals surface area contributed by atoms with Crippen molar-refractivity contribution in [2.75, 3.05) is 6.61 Å². The largest absolute Gasteiger partial charge is 0.450 e. The van der Waals surface area contributed by atoms with Crippen LogP contribution in [0.5, 0.6) is 11.5 Å². The number of ether oxygens (including phenoxy) is 1. The highest BCUT2D eigenvalue weighted by molar-refractivity contribution is 5.59. The van der Waals surface area contributed by atoms with Gasteiger partial charge in [-0.15, -0.1) is 0 Å². The summed E-state index contributed by atoms with van der Waals surface area (Å²) in [7, 11) is 0. The van der Waals surface area contributed by atoms with Crippen molar-refractivity contribution in [2.24, 2.45) is 0 Å². The van der Waals surface area contributed by atoms with Gasteiger partial charge < -0.3 is 9.84 Å². The molecule has 0 saturated heterocycles. The number of aliphatic hydroxyl groups excluding tert-OH is 1. The molecule has 0 aromatic heterocycles. The summed E-state index contributed by atoms with van der Waals surface area (Å²) < 4.78 is 5.59. The van der Waals surface area contributed by atoms with Gasteiger partial charge in [-0.25, -0.2) is 0 Å². The fraction of sp³-hybridized carbons (Fsp3) is 0.133. The van der Waals surface area contributed by atoms with E-state index in [1.165, 1.54) is 18.2 Å². The molecule has 0 saturated carbocycles. The highest BCUT2D eigenvalue weighted by Crippen LogP contribution is 2.35. The molecule has 0 fully saturated rings. The predicted octanol–water partition coefficient (Wildman–Crippen LogP) is 2.79. The Balaban J connectivity index is 2.46. The molecule has 2 rings (SSSR count). The van der Waals surface area contributed by atoms with Gasteiger partial charge >= 0.3 is 5.69 Å². The van der Waals surface area contributed by atoms with Crippen molar-refractivity contribution in [1.82, 2.24) is 0 Å². The summed E-state index contributed by atoms with van der Waals surface area (Å²) >= 11 is 0. The quantitative estimate of drug-likeness (QED) is 0.672. The number of nitrogens with zero attached hydrogens (tertiary/aromatic N) is 2. The minimum Gasteiger partial charge on any atom is -0.450 e. The van der Waals surface area contributed by atoms with Crippen LogP contribution in [-0.2, 0) is 6.42 Å². The standard InChI is InChI=1S/C15H12N2O4/c16-10-12-5-3-7-14(15(12)17(19)20)21-13-6-2-1-4-11(13)8-9-18/h1-7,18H,8-9H2. The van der Waals surface area contributed by atoms with Crippen LogP contribution in [0.4, 0.5) is 5.69 Å². The Morgan fingerprint density at radius 3 is 2.57 bits per heavy atom. The Morgan fingerprint density at radius 1 is 1.19 bits per heavy atom. The number of aliphatic hydroxyl groups is 1. The monoisotopic (exact) mass is 284 g/mol. The Hall–Kier alpha value is -2.91. The van der Waals surface area contributed by atoms with Crippen LogP contribution in [-0.4, -0.2) is 16.6 Å². The molecule has 0 spiro atoms. The number of benzene rings is 2. The summed E-state index contributed by atoms with van der Waals surface area (Å²) in [4.78, 5) is 10.5. The Morgan fingerprint density at radius 2 is 1.90 bits per heavy atom. The number of rotatable bonds is 5. The van der Waals surface area contributed by atoms with Crippen LogP contribution in [0, 0.1) is 21.4 Å². The maximum Gasteiger partial charge on any atom is 0.329 e. The third kappa shape index (κ3) is 3.16. The molecular weight excluding hydrogens is 272 g/mol. The number of hydrogen-bond acceptors (Lipinski definition) is 5. The number of para-hydroxylation sites is 2. The lowest BCUT2D eigenvalue weighted by molar-refractivity contribution is -0.385. The van der Waals surface area contributed by atoms with Gasteiger partial charge in [0.2, 0.25) is 5.75 Å². The van der Waals surface area contributed by atoms with E-state index in [2.05, 4.69) is 0 Å². The summed E-state index contributed by atoms with van der Waals surface area (Å²) in [5.74, 6) is 0.425. The minimum absolute atomic E-state index is 0.00411. The van der Waals surface area contributed by atoms with Gasteiger partial charge in [0.1, 0.15) is 17.4 Å². The number of nitro benzene ring substituents is 1. The van der Waals surface area contributed by atoms with Crippen molar-refractivity contribution in [1.29, 1.82) is 5.26 Å². The van der Waals surface area contributed by atoms with E-state index in [1.54, 1.807) is 30.3 Å². The van der Waals surface area contributed by atoms with Gasteiger partial charge in [-0.2, -0.15) is 5.26 Å². The fourth-order valence-electron chi connectivity index (χ4n) is 1.93. The van der Waals surface area contributed by atoms with E-state index in [-0.39, 0.29) is 23.6 Å². The van der Waals surface area contributed by atoms with Gasteiger partial charge in [-0.1, -0.05) is 24.3 Å². The van der Waals surface area contributed by atoms with Crippen LogP contribution < -0.4 is 4.74 Å². The normalized spacial score (nSPS) is 9.90. The van der Waals surface area contributed by atoms with E-state index >= 15 is 0 Å². The number of hydrogen-bond donors (Lipinski definition) is 1. The van der Waals surface area contributed by atoms with E-state index in [9.17, 15) is 10.1 Å². The van der Waals surface area contributed by atoms with Crippen LogP contribution in [0.25, 0.3) is 0 Å². The first-order valence-electron chi connectivity index (χ1n) is 6.21. The van der Waals surface area contributed by atoms with Crippen molar-refractivity contribution in [3.63, 3.8) is 0 Å². The second-order valence-electron chi connectivity index (χ2n) is 4.20. The van der Waals surface area contributed by atoms with Gasteiger partial charge in [0.25, 0.3) is 0 Å². The lowest BCUT2D eigenvalue weighted by atomic mass is 10.1. The first kappa shape index (κ1) is 14.5. The summed E-state index contributed by atoms with van der Waals surface area (Å²) in [6.45, 7) is -0.0549. The molecule has 0 atom stereocenters. The van der Waals surface area contributed by atoms with E-state index in [1.807, 2.05) is 0 Å². The molecule has 6 nitrogen and oxygen atoms in total. The molecule has 1 N–H and O–H groups in total. The van der Waals surface area contributed by atoms with Crippen molar-refractivity contribution in [3.8, 4) is 17.6 Å². The minimum atomic E-state index is -0.636. The molecule has 0 unspecified atom stereocenters. The molecule has 21 heavy (non-hydrogen) atoms. The Bertz CT molecular complexity index is 707. The van der Waals surface area contributed by atoms with E-state index < -0.39 is 4.92 Å². The topological polar surface area (TPSA) is 96.4 Å². The lowest BCUT2D eigenvalue weighted by Crippen LogP contribution is -1.99. The first-order valence-corrected chi connectivity index (χ1v) is 6.21. The van der Waals surface area contributed by atoms with Crippen LogP contribution >= 0.6 is 0 Å². The molecule has 0 radical (unpaired) electrons. The number of nitro groups is 1. The van der Waals surface area contributed by atoms with Gasteiger partial charge in [0.15, 0.2) is 0 Å². The molecule has 0 aliphatic rings. The van der Waals surface area contributed by atoms with Crippen molar-refractivity contribution < 1.29 is 14.8 Å². The molecule has 6 heteroatoms. The van der Waals surface area contributed by atoms with Crippen LogP contribution in [0.15, 0.2) is 42.5 Å². The van der Waals surface area contributed by atoms with E-state index in [4.69, 9.17) is 15.1 Å². The average molecular weight is 284 g/mol. The molecule has 0 amide bonds. The number of nitriles is 1. The average Bonchev–Trinajstić information content (AvgIpc) is 2.49. The second kappa shape index (κ2) is 6.50. The molecular formula is C15H12N2O4. The summed E-state index contributed by atoms with van der Waals surface area (Å²) in [6, 6.07) is 13.1. The summed E-state index contributed by atoms with van der Waals surface area (Å²) in [5, 5.41) is 29.1. The Kier molecular flexibility index (Phi) is 4.49. The maximum atomic E-state index is 11.1. The van der Waals surface area contributed by atoms with Crippen molar-refractivity contribution in [3.05, 3.63) is 63.7 Å². The smallest absolute Gasteiger partial charge is 0.329 e. The molecule has 106 valence electrons. The van der Waals surface area contributed by atoms with Crippen LogP contribution in [0.1, 0.15) is 11.1 Å². The zero-order valence-electron chi connectivity index (χ0n) is 11.0. The summed E-state index contributed by atoms with van der Waals surface area (Å²) in [5.41, 5.74) is 0.313. The molecule has 0 heterocycles. The zero-order chi connectivity index (χ0) is 15.2. The van der Waals surface area contributed by atoms with Crippen LogP contribution in [0.3, 0.4) is 0 Å². The maximum absolute atomic E-state index is 11.1. The first-order chi connectivity index (χ1) is 10.2. The van der Waals surface area contributed by atoms with Crippen LogP contribution in [0.2, 0.25) is 0 Å². The molecule has 0 aliphatic heterocycles. The van der Waals surface area contributed by atoms with Crippen molar-refractivity contribution in [2.45, 2.75) is 6.42 Å². The highest BCUT2D eigenvalue weighted by atomic mass is 16.6. The summed E-state index contributed by atoms with van der Waals surface area (Å²) in [6.07, 6.45) is 0.377. The molecule has 2 aromatic rings. The molecule has 0 aliphatic carbocycles. The van der Waals surface area contributed by atoms with Crippen molar-refractivity contribution >= 4 is 5.69 Å². The Labute approximate surface area is 121 Å². The highest BCUT2D eigenvalue weighted by Gasteiger charge is 2.21. The molecule has 0 bridgehead atoms. The SMILES string of the molecule is N#Cc1cccc(Oc2ccccc2CCO)c1[N+](=O)[O-]. The third-order valence-electron chi connectivity index (χ3n) is 2.88. The zero-order valence-corrected chi connectivity index (χ0v) is 11.0. The third-order valence-corrected chi connectivity index (χ3v) is 2.88. The van der Waals surface area contributed by atoms with Gasteiger partial charge in [0.05, 0.1) is 4.92 Å². The van der Waals surface area contributed by atoms with Gasteiger partial charge in [-0.05, 0) is 30.2 Å². The van der Waals surface area contributed by atoms with Gasteiger partial charge in [0, 0.05) is 6.61 Å². The lowest BCUT2D eigenvalue weighted by Gasteiger charge is -2.10. The fourth-order valence-corrected chi connectivity index (χ4v) is 1.93.